The molecule has 0 bridgehead atoms. The van der Waals surface area contributed by atoms with Crippen LogP contribution in [0.25, 0.3) is 0 Å². The topological polar surface area (TPSA) is 76.1 Å². The van der Waals surface area contributed by atoms with Crippen molar-refractivity contribution < 1.29 is 24.2 Å². The number of carboxylic acids is 1. The standard InChI is InChI=1S/C8H11NO5/c10-7(11)6-3-9(8(12)14-6)5-1-2-13-4-5/h5-6H,1-4H2,(H,10,11)/t5?,6-/m1/s1. The maximum Gasteiger partial charge on any atom is 0.411 e. The minimum atomic E-state index is -1.10. The number of amides is 1. The molecule has 0 spiro atoms. The average Bonchev–Trinajstić information content (AvgIpc) is 2.71. The molecule has 0 aromatic rings. The zero-order chi connectivity index (χ0) is 10.1. The molecule has 6 heteroatoms. The molecule has 2 aliphatic rings. The Morgan fingerprint density at radius 3 is 2.86 bits per heavy atom. The minimum Gasteiger partial charge on any atom is -0.478 e. The van der Waals surface area contributed by atoms with Crippen LogP contribution < -0.4 is 0 Å². The van der Waals surface area contributed by atoms with Crippen molar-refractivity contribution in [3.05, 3.63) is 0 Å². The SMILES string of the molecule is O=C(O)[C@H]1CN(C2CCOC2)C(=O)O1. The lowest BCUT2D eigenvalue weighted by molar-refractivity contribution is -0.144. The number of carboxylic acid groups (broad SMARTS) is 1. The van der Waals surface area contributed by atoms with Crippen molar-refractivity contribution >= 4 is 12.1 Å². The first-order chi connectivity index (χ1) is 6.68. The van der Waals surface area contributed by atoms with Gasteiger partial charge in [0.05, 0.1) is 19.2 Å². The van der Waals surface area contributed by atoms with Crippen LogP contribution in [0.4, 0.5) is 4.79 Å². The summed E-state index contributed by atoms with van der Waals surface area (Å²) in [4.78, 5) is 23.3. The zero-order valence-electron chi connectivity index (χ0n) is 7.51. The Morgan fingerprint density at radius 1 is 1.57 bits per heavy atom. The maximum atomic E-state index is 11.3. The molecule has 0 aromatic carbocycles. The summed E-state index contributed by atoms with van der Waals surface area (Å²) in [6.07, 6.45) is -0.822. The molecule has 0 radical (unpaired) electrons. The van der Waals surface area contributed by atoms with E-state index in [1.54, 1.807) is 0 Å². The van der Waals surface area contributed by atoms with E-state index < -0.39 is 18.2 Å². The van der Waals surface area contributed by atoms with Crippen molar-refractivity contribution in [3.8, 4) is 0 Å². The fourth-order valence-corrected chi connectivity index (χ4v) is 1.67. The molecule has 2 saturated heterocycles. The van der Waals surface area contributed by atoms with Crippen LogP contribution in [0.3, 0.4) is 0 Å². The van der Waals surface area contributed by atoms with Crippen molar-refractivity contribution in [1.82, 2.24) is 4.90 Å². The monoisotopic (exact) mass is 201 g/mol. The van der Waals surface area contributed by atoms with E-state index in [0.29, 0.717) is 13.2 Å². The van der Waals surface area contributed by atoms with E-state index >= 15 is 0 Å². The molecule has 0 aliphatic carbocycles. The van der Waals surface area contributed by atoms with Crippen molar-refractivity contribution in [1.29, 1.82) is 0 Å². The molecule has 2 rings (SSSR count). The van der Waals surface area contributed by atoms with Crippen LogP contribution in [0.2, 0.25) is 0 Å². The number of hydrogen-bond acceptors (Lipinski definition) is 4. The molecular weight excluding hydrogens is 190 g/mol. The second-order valence-electron chi connectivity index (χ2n) is 3.38. The molecule has 0 saturated carbocycles. The molecule has 1 amide bonds. The molecule has 2 heterocycles. The van der Waals surface area contributed by atoms with Gasteiger partial charge in [-0.05, 0) is 6.42 Å². The van der Waals surface area contributed by atoms with Gasteiger partial charge in [-0.25, -0.2) is 9.59 Å². The second kappa shape index (κ2) is 3.45. The largest absolute Gasteiger partial charge is 0.478 e. The maximum absolute atomic E-state index is 11.3. The first-order valence-electron chi connectivity index (χ1n) is 4.46. The van der Waals surface area contributed by atoms with E-state index in [1.165, 1.54) is 4.90 Å². The van der Waals surface area contributed by atoms with Crippen molar-refractivity contribution in [2.75, 3.05) is 19.8 Å². The number of carbonyl (C=O) groups excluding carboxylic acids is 1. The molecular formula is C8H11NO5. The van der Waals surface area contributed by atoms with Gasteiger partial charge in [-0.1, -0.05) is 0 Å². The van der Waals surface area contributed by atoms with Crippen LogP contribution in [0.1, 0.15) is 6.42 Å². The first-order valence-corrected chi connectivity index (χ1v) is 4.46. The van der Waals surface area contributed by atoms with Gasteiger partial charge in [-0.15, -0.1) is 0 Å². The van der Waals surface area contributed by atoms with Crippen LogP contribution in [-0.4, -0.2) is 54.0 Å². The third-order valence-electron chi connectivity index (χ3n) is 2.46. The highest BCUT2D eigenvalue weighted by Gasteiger charge is 2.40. The highest BCUT2D eigenvalue weighted by molar-refractivity contribution is 5.81. The quantitative estimate of drug-likeness (QED) is 0.662. The van der Waals surface area contributed by atoms with E-state index in [2.05, 4.69) is 4.74 Å². The average molecular weight is 201 g/mol. The molecule has 78 valence electrons. The lowest BCUT2D eigenvalue weighted by atomic mass is 10.2. The summed E-state index contributed by atoms with van der Waals surface area (Å²) in [5.41, 5.74) is 0. The highest BCUT2D eigenvalue weighted by atomic mass is 16.6. The summed E-state index contributed by atoms with van der Waals surface area (Å²) in [5, 5.41) is 8.66. The number of carbonyl (C=O) groups is 2. The summed E-state index contributed by atoms with van der Waals surface area (Å²) in [7, 11) is 0. The predicted octanol–water partition coefficient (Wildman–Crippen LogP) is -0.319. The molecule has 0 aromatic heterocycles. The number of nitrogens with zero attached hydrogens (tertiary/aromatic N) is 1. The first kappa shape index (κ1) is 9.26. The van der Waals surface area contributed by atoms with Gasteiger partial charge < -0.3 is 14.6 Å². The molecule has 2 atom stereocenters. The number of hydrogen-bond donors (Lipinski definition) is 1. The number of ether oxygens (including phenoxy) is 2. The fraction of sp³-hybridized carbons (Fsp3) is 0.750. The smallest absolute Gasteiger partial charge is 0.411 e. The van der Waals surface area contributed by atoms with Gasteiger partial charge in [0.25, 0.3) is 0 Å². The van der Waals surface area contributed by atoms with Crippen molar-refractivity contribution in [2.45, 2.75) is 18.6 Å². The molecule has 14 heavy (non-hydrogen) atoms. The van der Waals surface area contributed by atoms with E-state index in [1.807, 2.05) is 0 Å². The Bertz CT molecular complexity index is 260. The van der Waals surface area contributed by atoms with E-state index in [-0.39, 0.29) is 12.6 Å². The molecule has 1 N–H and O–H groups in total. The minimum absolute atomic E-state index is 0.0214. The lowest BCUT2D eigenvalue weighted by Gasteiger charge is -2.18. The van der Waals surface area contributed by atoms with E-state index in [4.69, 9.17) is 9.84 Å². The van der Waals surface area contributed by atoms with Crippen LogP contribution in [0.5, 0.6) is 0 Å². The summed E-state index contributed by atoms with van der Waals surface area (Å²) in [5.74, 6) is -1.10. The number of aliphatic carboxylic acids is 1. The summed E-state index contributed by atoms with van der Waals surface area (Å²) in [6, 6.07) is -0.0214. The van der Waals surface area contributed by atoms with E-state index in [0.717, 1.165) is 6.42 Å². The van der Waals surface area contributed by atoms with Gasteiger partial charge in [-0.2, -0.15) is 0 Å². The second-order valence-corrected chi connectivity index (χ2v) is 3.38. The number of rotatable bonds is 2. The molecule has 1 unspecified atom stereocenters. The molecule has 2 fully saturated rings. The predicted molar refractivity (Wildman–Crippen MR) is 43.8 cm³/mol. The Morgan fingerprint density at radius 2 is 2.36 bits per heavy atom. The van der Waals surface area contributed by atoms with Crippen LogP contribution >= 0.6 is 0 Å². The van der Waals surface area contributed by atoms with Gasteiger partial charge in [0.1, 0.15) is 0 Å². The van der Waals surface area contributed by atoms with Crippen molar-refractivity contribution in [3.63, 3.8) is 0 Å². The summed E-state index contributed by atoms with van der Waals surface area (Å²) < 4.78 is 9.80. The van der Waals surface area contributed by atoms with Gasteiger partial charge in [0, 0.05) is 6.61 Å². The Hall–Kier alpha value is -1.30. The fourth-order valence-electron chi connectivity index (χ4n) is 1.67. The Balaban J connectivity index is 2.00. The summed E-state index contributed by atoms with van der Waals surface area (Å²) >= 11 is 0. The van der Waals surface area contributed by atoms with Gasteiger partial charge >= 0.3 is 12.1 Å². The van der Waals surface area contributed by atoms with E-state index in [9.17, 15) is 9.59 Å². The highest BCUT2D eigenvalue weighted by Crippen LogP contribution is 2.20. The van der Waals surface area contributed by atoms with Gasteiger partial charge in [0.2, 0.25) is 6.10 Å². The summed E-state index contributed by atoms with van der Waals surface area (Å²) in [6.45, 7) is 1.22. The third-order valence-corrected chi connectivity index (χ3v) is 2.46. The Labute approximate surface area is 80.4 Å². The zero-order valence-corrected chi connectivity index (χ0v) is 7.51. The molecule has 2 aliphatic heterocycles. The lowest BCUT2D eigenvalue weighted by Crippen LogP contribution is -2.37. The van der Waals surface area contributed by atoms with Crippen molar-refractivity contribution in [2.24, 2.45) is 0 Å². The Kier molecular flexibility index (Phi) is 2.28. The van der Waals surface area contributed by atoms with Crippen LogP contribution in [-0.2, 0) is 14.3 Å². The van der Waals surface area contributed by atoms with Crippen LogP contribution in [0, 0.1) is 0 Å². The molecule has 6 nitrogen and oxygen atoms in total. The van der Waals surface area contributed by atoms with Crippen LogP contribution in [0.15, 0.2) is 0 Å². The normalized spacial score (nSPS) is 32.0. The third kappa shape index (κ3) is 1.52. The van der Waals surface area contributed by atoms with Gasteiger partial charge in [-0.3, -0.25) is 4.90 Å². The number of cyclic esters (lactones) is 1. The van der Waals surface area contributed by atoms with Gasteiger partial charge in [0.15, 0.2) is 0 Å².